The molecule has 0 heterocycles. The van der Waals surface area contributed by atoms with E-state index in [1.165, 1.54) is 14.2 Å². The van der Waals surface area contributed by atoms with E-state index < -0.39 is 18.5 Å². The van der Waals surface area contributed by atoms with Crippen LogP contribution in [0.1, 0.15) is 95.8 Å². The molecule has 0 aliphatic heterocycles. The third kappa shape index (κ3) is 5.07. The number of carbonyl (C=O) groups excluding carboxylic acids is 2. The zero-order valence-electron chi connectivity index (χ0n) is 22.3. The lowest BCUT2D eigenvalue weighted by Gasteiger charge is -2.35. The van der Waals surface area contributed by atoms with Crippen LogP contribution in [0.2, 0.25) is 0 Å². The summed E-state index contributed by atoms with van der Waals surface area (Å²) in [6, 6.07) is 7.57. The first-order valence-electron chi connectivity index (χ1n) is 12.3. The molecule has 0 bridgehead atoms. The highest BCUT2D eigenvalue weighted by Crippen LogP contribution is 2.54. The minimum absolute atomic E-state index is 0.0710. The Labute approximate surface area is 210 Å². The fourth-order valence-electron chi connectivity index (χ4n) is 5.19. The van der Waals surface area contributed by atoms with Gasteiger partial charge in [0.1, 0.15) is 22.2 Å². The number of benzene rings is 2. The van der Waals surface area contributed by atoms with Gasteiger partial charge in [-0.1, -0.05) is 52.2 Å². The predicted molar refractivity (Wildman–Crippen MR) is 141 cm³/mol. The molecule has 0 saturated heterocycles. The van der Waals surface area contributed by atoms with Crippen LogP contribution in [0, 0.1) is 20.8 Å². The largest absolute Gasteiger partial charge is 0.496 e. The quantitative estimate of drug-likeness (QED) is 0.293. The Kier molecular flexibility index (Phi) is 7.91. The van der Waals surface area contributed by atoms with Crippen molar-refractivity contribution in [3.8, 4) is 11.5 Å². The van der Waals surface area contributed by atoms with Crippen molar-refractivity contribution in [3.05, 3.63) is 57.6 Å². The van der Waals surface area contributed by atoms with Crippen LogP contribution >= 0.6 is 7.80 Å². The molecule has 1 aliphatic rings. The van der Waals surface area contributed by atoms with E-state index in [4.69, 9.17) is 9.47 Å². The second kappa shape index (κ2) is 10.2. The van der Waals surface area contributed by atoms with Gasteiger partial charge in [-0.2, -0.15) is 0 Å². The van der Waals surface area contributed by atoms with Crippen molar-refractivity contribution in [1.82, 2.24) is 0 Å². The monoisotopic (exact) mass is 497 g/mol. The fourth-order valence-corrected chi connectivity index (χ4v) is 7.15. The molecule has 6 heteroatoms. The molecule has 2 aromatic rings. The van der Waals surface area contributed by atoms with Crippen LogP contribution in [-0.4, -0.2) is 30.7 Å². The van der Waals surface area contributed by atoms with Crippen LogP contribution in [0.15, 0.2) is 24.3 Å². The average Bonchev–Trinajstić information content (AvgIpc) is 2.81. The van der Waals surface area contributed by atoms with E-state index >= 15 is 0 Å². The number of ketones is 1. The Morgan fingerprint density at radius 3 is 1.74 bits per heavy atom. The molecule has 1 unspecified atom stereocenters. The number of methoxy groups -OCH3 is 2. The summed E-state index contributed by atoms with van der Waals surface area (Å²) in [6.07, 6.45) is 3.26. The van der Waals surface area contributed by atoms with Gasteiger partial charge in [0.25, 0.3) is 0 Å². The summed E-state index contributed by atoms with van der Waals surface area (Å²) < 4.78 is 25.3. The zero-order chi connectivity index (χ0) is 26.1. The molecule has 189 valence electrons. The number of ether oxygens (including phenoxy) is 2. The van der Waals surface area contributed by atoms with Crippen molar-refractivity contribution in [2.75, 3.05) is 14.2 Å². The van der Waals surface area contributed by atoms with Crippen LogP contribution in [0.5, 0.6) is 11.5 Å². The molecule has 2 aromatic carbocycles. The molecule has 5 nitrogen and oxygen atoms in total. The topological polar surface area (TPSA) is 69.7 Å². The van der Waals surface area contributed by atoms with Crippen molar-refractivity contribution in [2.45, 2.75) is 84.2 Å². The van der Waals surface area contributed by atoms with Gasteiger partial charge in [0.15, 0.2) is 13.6 Å². The molecule has 1 saturated carbocycles. The Balaban J connectivity index is 2.14. The minimum Gasteiger partial charge on any atom is -0.496 e. The van der Waals surface area contributed by atoms with Gasteiger partial charge >= 0.3 is 0 Å². The number of carbonyl (C=O) groups is 2. The maximum Gasteiger partial charge on any atom is 0.243 e. The van der Waals surface area contributed by atoms with Gasteiger partial charge in [0, 0.05) is 5.56 Å². The van der Waals surface area contributed by atoms with E-state index in [1.807, 2.05) is 32.9 Å². The van der Waals surface area contributed by atoms with Crippen LogP contribution in [0.3, 0.4) is 0 Å². The van der Waals surface area contributed by atoms with Crippen molar-refractivity contribution >= 4 is 19.1 Å². The molecule has 3 rings (SSSR count). The lowest BCUT2D eigenvalue weighted by atomic mass is 9.82. The van der Waals surface area contributed by atoms with Crippen molar-refractivity contribution in [3.63, 3.8) is 0 Å². The first-order valence-corrected chi connectivity index (χ1v) is 13.5. The summed E-state index contributed by atoms with van der Waals surface area (Å²) >= 11 is 0. The van der Waals surface area contributed by atoms with E-state index in [9.17, 15) is 14.2 Å². The highest BCUT2D eigenvalue weighted by atomic mass is 31.1. The highest BCUT2D eigenvalue weighted by Gasteiger charge is 2.50. The molecule has 0 spiro atoms. The maximum absolute atomic E-state index is 14.2. The van der Waals surface area contributed by atoms with E-state index in [-0.39, 0.29) is 16.8 Å². The second-order valence-electron chi connectivity index (χ2n) is 10.8. The maximum atomic E-state index is 14.2. The number of hydrogen-bond donors (Lipinski definition) is 0. The number of hydrogen-bond acceptors (Lipinski definition) is 5. The molecule has 0 N–H and O–H groups in total. The van der Waals surface area contributed by atoms with Crippen molar-refractivity contribution in [2.24, 2.45) is 0 Å². The molecule has 1 radical (unpaired) electrons. The van der Waals surface area contributed by atoms with Gasteiger partial charge in [0.05, 0.1) is 14.2 Å². The van der Waals surface area contributed by atoms with E-state index in [2.05, 4.69) is 20.8 Å². The van der Waals surface area contributed by atoms with Gasteiger partial charge in [0.2, 0.25) is 5.52 Å². The Hall–Kier alpha value is -2.52. The summed E-state index contributed by atoms with van der Waals surface area (Å²) in [5.74, 6) is 0.450. The highest BCUT2D eigenvalue weighted by molar-refractivity contribution is 7.67. The second-order valence-corrected chi connectivity index (χ2v) is 12.7. The van der Waals surface area contributed by atoms with E-state index in [0.717, 1.165) is 41.5 Å². The Bertz CT molecular complexity index is 1120. The summed E-state index contributed by atoms with van der Waals surface area (Å²) in [4.78, 5) is 28.1. The average molecular weight is 498 g/mol. The van der Waals surface area contributed by atoms with Gasteiger partial charge in [-0.05, 0) is 73.4 Å². The molecule has 1 aliphatic carbocycles. The normalized spacial score (nSPS) is 15.9. The minimum atomic E-state index is -2.55. The Morgan fingerprint density at radius 2 is 1.31 bits per heavy atom. The first kappa shape index (κ1) is 27.1. The molecule has 1 fully saturated rings. The van der Waals surface area contributed by atoms with Crippen LogP contribution < -0.4 is 9.47 Å². The molecular formula is C29H38O5P. The molecule has 0 aromatic heterocycles. The van der Waals surface area contributed by atoms with Gasteiger partial charge in [-0.15, -0.1) is 0 Å². The zero-order valence-corrected chi connectivity index (χ0v) is 23.2. The third-order valence-electron chi connectivity index (χ3n) is 7.17. The van der Waals surface area contributed by atoms with Crippen molar-refractivity contribution in [1.29, 1.82) is 0 Å². The van der Waals surface area contributed by atoms with Gasteiger partial charge in [-0.3, -0.25) is 14.2 Å². The van der Waals surface area contributed by atoms with Crippen LogP contribution in [-0.2, 0) is 9.98 Å². The Morgan fingerprint density at radius 1 is 0.829 bits per heavy atom. The number of rotatable bonds is 7. The smallest absolute Gasteiger partial charge is 0.243 e. The van der Waals surface area contributed by atoms with Gasteiger partial charge in [-0.25, -0.2) is 0 Å². The van der Waals surface area contributed by atoms with E-state index in [0.29, 0.717) is 29.9 Å². The summed E-state index contributed by atoms with van der Waals surface area (Å²) in [5.41, 5.74) is 3.85. The lowest BCUT2D eigenvalue weighted by Crippen LogP contribution is -2.39. The SMILES string of the molecule is COc1cc(C)cc(OC)c1C(=O)C1([P](=O)C(=O)c2c(C)cc(C(C)(C)C)cc2C)CCCCC1. The summed E-state index contributed by atoms with van der Waals surface area (Å²) in [6.45, 7) is 12.1. The standard InChI is InChI=1S/C29H38O5P/c1-18-14-22(33-7)25(23(15-18)34-8)26(30)29(12-10-9-11-13-29)35(32)27(31)24-19(2)16-21(17-20(24)3)28(4,5)6/h14-17H,9-13H2,1-8H3. The van der Waals surface area contributed by atoms with Crippen molar-refractivity contribution < 1.29 is 23.6 Å². The van der Waals surface area contributed by atoms with E-state index in [1.54, 1.807) is 12.1 Å². The molecule has 35 heavy (non-hydrogen) atoms. The molecule has 1 atom stereocenters. The summed E-state index contributed by atoms with van der Waals surface area (Å²) in [7, 11) is 0.469. The van der Waals surface area contributed by atoms with Crippen LogP contribution in [0.25, 0.3) is 0 Å². The fraction of sp³-hybridized carbons (Fsp3) is 0.517. The first-order chi connectivity index (χ1) is 16.4. The lowest BCUT2D eigenvalue weighted by molar-refractivity contribution is 0.0897. The number of aryl methyl sites for hydroxylation is 3. The number of Topliss-reactive ketones (excluding diaryl/α,β-unsaturated/α-hetero) is 1. The summed E-state index contributed by atoms with van der Waals surface area (Å²) in [5, 5.41) is -1.28. The molecule has 0 amide bonds. The van der Waals surface area contributed by atoms with Crippen LogP contribution in [0.4, 0.5) is 0 Å². The van der Waals surface area contributed by atoms with Gasteiger partial charge < -0.3 is 9.47 Å². The predicted octanol–water partition coefficient (Wildman–Crippen LogP) is 7.48. The molecular weight excluding hydrogens is 459 g/mol. The third-order valence-corrected chi connectivity index (χ3v) is 9.19.